The highest BCUT2D eigenvalue weighted by Crippen LogP contribution is 2.32. The molecule has 11 heteroatoms. The van der Waals surface area contributed by atoms with Crippen molar-refractivity contribution < 1.29 is 33.0 Å². The Kier molecular flexibility index (Phi) is 9.99. The summed E-state index contributed by atoms with van der Waals surface area (Å²) in [6.07, 6.45) is 2.46. The van der Waals surface area contributed by atoms with E-state index in [4.69, 9.17) is 29.4 Å². The number of esters is 1. The molecule has 2 aliphatic heterocycles. The van der Waals surface area contributed by atoms with E-state index in [9.17, 15) is 14.4 Å². The third-order valence-electron chi connectivity index (χ3n) is 8.20. The van der Waals surface area contributed by atoms with Gasteiger partial charge in [0.15, 0.2) is 5.54 Å². The Morgan fingerprint density at radius 2 is 1.87 bits per heavy atom. The van der Waals surface area contributed by atoms with Gasteiger partial charge in [-0.2, -0.15) is 0 Å². The molecule has 2 aromatic carbocycles. The Balaban J connectivity index is 1.37. The first-order valence-electron chi connectivity index (χ1n) is 15.2. The fourth-order valence-electron chi connectivity index (χ4n) is 5.74. The second-order valence-corrected chi connectivity index (χ2v) is 11.6. The fraction of sp³-hybridized carbons (Fsp3) is 0.412. The highest BCUT2D eigenvalue weighted by Gasteiger charge is 2.49. The molecule has 238 valence electrons. The summed E-state index contributed by atoms with van der Waals surface area (Å²) in [5, 5.41) is 2.79. The number of rotatable bonds is 12. The molecule has 3 heterocycles. The number of carbonyl (C=O) groups excluding carboxylic acids is 3. The number of benzene rings is 2. The Morgan fingerprint density at radius 1 is 1.09 bits per heavy atom. The van der Waals surface area contributed by atoms with Crippen molar-refractivity contribution in [2.75, 3.05) is 20.3 Å². The summed E-state index contributed by atoms with van der Waals surface area (Å²) in [4.78, 5) is 46.5. The Hall–Kier alpha value is -4.48. The van der Waals surface area contributed by atoms with Crippen molar-refractivity contribution in [1.29, 1.82) is 0 Å². The lowest BCUT2D eigenvalue weighted by atomic mass is 9.91. The molecule has 1 saturated heterocycles. The van der Waals surface area contributed by atoms with E-state index in [0.29, 0.717) is 31.0 Å². The molecule has 0 radical (unpaired) electrons. The second kappa shape index (κ2) is 14.1. The number of nitrogens with two attached hydrogens (primary N) is 1. The Bertz CT molecular complexity index is 1510. The lowest BCUT2D eigenvalue weighted by Crippen LogP contribution is -2.58. The number of aliphatic imine (C=N–C) groups is 1. The standard InChI is InChI=1S/C34H40N4O7/c1-22(35)30(39)36-29(23(2)44-20-24-10-5-4-6-11-24)32(40)38-16-8-14-27(38)31-37-34(21-45-31,33(41)42-3)19-25-12-7-13-26(18-25)28-15-9-17-43-28/h4-7,9-13,15,17-18,22-23,27,29H,8,14,16,19-21,35H2,1-3H3,(H,36,39)/t22-,23+,27-,29-,34+/m0/s1. The van der Waals surface area contributed by atoms with Crippen LogP contribution in [-0.4, -0.2) is 78.6 Å². The molecule has 0 bridgehead atoms. The Morgan fingerprint density at radius 3 is 2.58 bits per heavy atom. The summed E-state index contributed by atoms with van der Waals surface area (Å²) < 4.78 is 22.9. The smallest absolute Gasteiger partial charge is 0.337 e. The first-order chi connectivity index (χ1) is 21.7. The van der Waals surface area contributed by atoms with Crippen molar-refractivity contribution in [1.82, 2.24) is 10.2 Å². The molecule has 0 aliphatic carbocycles. The SMILES string of the molecule is COC(=O)[C@@]1(Cc2cccc(-c3ccco3)c2)COC([C@@H]2CCCN2C(=O)[C@@H](NC(=O)[C@H](C)N)[C@@H](C)OCc2ccccc2)=N1. The van der Waals surface area contributed by atoms with Crippen LogP contribution in [0.4, 0.5) is 0 Å². The molecule has 0 saturated carbocycles. The first kappa shape index (κ1) is 31.9. The zero-order valence-electron chi connectivity index (χ0n) is 25.8. The number of nitrogens with zero attached hydrogens (tertiary/aromatic N) is 2. The molecular weight excluding hydrogens is 576 g/mol. The van der Waals surface area contributed by atoms with E-state index in [1.54, 1.807) is 25.0 Å². The average molecular weight is 617 g/mol. The molecule has 2 aliphatic rings. The quantitative estimate of drug-likeness (QED) is 0.295. The van der Waals surface area contributed by atoms with Gasteiger partial charge in [-0.3, -0.25) is 9.59 Å². The monoisotopic (exact) mass is 616 g/mol. The first-order valence-corrected chi connectivity index (χ1v) is 15.2. The summed E-state index contributed by atoms with van der Waals surface area (Å²) in [6.45, 7) is 3.98. The number of carbonyl (C=O) groups is 3. The van der Waals surface area contributed by atoms with Gasteiger partial charge in [0.25, 0.3) is 0 Å². The van der Waals surface area contributed by atoms with E-state index in [1.807, 2.05) is 66.7 Å². The lowest BCUT2D eigenvalue weighted by molar-refractivity contribution is -0.147. The zero-order chi connectivity index (χ0) is 32.0. The van der Waals surface area contributed by atoms with Gasteiger partial charge in [0.2, 0.25) is 17.7 Å². The van der Waals surface area contributed by atoms with Gasteiger partial charge in [0.05, 0.1) is 32.1 Å². The fourth-order valence-corrected chi connectivity index (χ4v) is 5.74. The largest absolute Gasteiger partial charge is 0.476 e. The molecule has 1 aromatic heterocycles. The maximum absolute atomic E-state index is 14.1. The van der Waals surface area contributed by atoms with Gasteiger partial charge in [-0.15, -0.1) is 0 Å². The number of likely N-dealkylation sites (tertiary alicyclic amines) is 1. The number of nitrogens with one attached hydrogen (secondary N) is 1. The van der Waals surface area contributed by atoms with Crippen LogP contribution < -0.4 is 11.1 Å². The third-order valence-corrected chi connectivity index (χ3v) is 8.20. The van der Waals surface area contributed by atoms with Crippen molar-refractivity contribution in [3.8, 4) is 11.3 Å². The van der Waals surface area contributed by atoms with Crippen molar-refractivity contribution in [2.24, 2.45) is 10.7 Å². The minimum Gasteiger partial charge on any atom is -0.476 e. The predicted molar refractivity (Wildman–Crippen MR) is 167 cm³/mol. The maximum atomic E-state index is 14.1. The highest BCUT2D eigenvalue weighted by atomic mass is 16.5. The molecule has 5 atom stereocenters. The summed E-state index contributed by atoms with van der Waals surface area (Å²) >= 11 is 0. The van der Waals surface area contributed by atoms with Crippen molar-refractivity contribution >= 4 is 23.7 Å². The molecule has 2 amide bonds. The minimum absolute atomic E-state index is 0.0278. The third kappa shape index (κ3) is 7.26. The van der Waals surface area contributed by atoms with Crippen LogP contribution in [-0.2, 0) is 41.6 Å². The van der Waals surface area contributed by atoms with Gasteiger partial charge < -0.3 is 34.6 Å². The lowest BCUT2D eigenvalue weighted by Gasteiger charge is -2.32. The number of methoxy groups -OCH3 is 1. The van der Waals surface area contributed by atoms with E-state index >= 15 is 0 Å². The van der Waals surface area contributed by atoms with Crippen LogP contribution >= 0.6 is 0 Å². The van der Waals surface area contributed by atoms with Gasteiger partial charge in [-0.05, 0) is 56.0 Å². The molecular formula is C34H40N4O7. The number of amides is 2. The highest BCUT2D eigenvalue weighted by molar-refractivity contribution is 5.96. The van der Waals surface area contributed by atoms with Crippen LogP contribution in [0.25, 0.3) is 11.3 Å². The summed E-state index contributed by atoms with van der Waals surface area (Å²) in [5.41, 5.74) is 7.18. The van der Waals surface area contributed by atoms with Gasteiger partial charge in [-0.1, -0.05) is 48.5 Å². The van der Waals surface area contributed by atoms with Gasteiger partial charge in [-0.25, -0.2) is 9.79 Å². The second-order valence-electron chi connectivity index (χ2n) is 11.6. The molecule has 0 spiro atoms. The molecule has 1 fully saturated rings. The zero-order valence-corrected chi connectivity index (χ0v) is 25.8. The number of furan rings is 1. The maximum Gasteiger partial charge on any atom is 0.337 e. The van der Waals surface area contributed by atoms with Crippen molar-refractivity contribution in [2.45, 2.75) is 69.5 Å². The van der Waals surface area contributed by atoms with E-state index in [0.717, 1.165) is 16.7 Å². The van der Waals surface area contributed by atoms with Crippen LogP contribution in [0.1, 0.15) is 37.8 Å². The molecule has 5 rings (SSSR count). The predicted octanol–water partition coefficient (Wildman–Crippen LogP) is 3.26. The van der Waals surface area contributed by atoms with Crippen LogP contribution in [0.3, 0.4) is 0 Å². The van der Waals surface area contributed by atoms with Gasteiger partial charge in [0, 0.05) is 18.5 Å². The summed E-state index contributed by atoms with van der Waals surface area (Å²) in [5.74, 6) is -0.316. The van der Waals surface area contributed by atoms with Crippen molar-refractivity contribution in [3.05, 3.63) is 84.1 Å². The molecule has 0 unspecified atom stereocenters. The van der Waals surface area contributed by atoms with E-state index < -0.39 is 41.6 Å². The Labute approximate surface area is 262 Å². The number of hydrogen-bond donors (Lipinski definition) is 2. The van der Waals surface area contributed by atoms with E-state index in [-0.39, 0.29) is 25.5 Å². The van der Waals surface area contributed by atoms with Crippen LogP contribution in [0.2, 0.25) is 0 Å². The number of hydrogen-bond acceptors (Lipinski definition) is 9. The van der Waals surface area contributed by atoms with Gasteiger partial charge >= 0.3 is 5.97 Å². The van der Waals surface area contributed by atoms with Gasteiger partial charge in [0.1, 0.15) is 24.5 Å². The topological polar surface area (TPSA) is 146 Å². The molecule has 3 aromatic rings. The molecule has 45 heavy (non-hydrogen) atoms. The number of ether oxygens (including phenoxy) is 3. The average Bonchev–Trinajstić information content (AvgIpc) is 3.84. The molecule has 3 N–H and O–H groups in total. The van der Waals surface area contributed by atoms with Crippen LogP contribution in [0, 0.1) is 0 Å². The van der Waals surface area contributed by atoms with Crippen LogP contribution in [0.5, 0.6) is 0 Å². The van der Waals surface area contributed by atoms with E-state index in [1.165, 1.54) is 7.11 Å². The van der Waals surface area contributed by atoms with Crippen molar-refractivity contribution in [3.63, 3.8) is 0 Å². The van der Waals surface area contributed by atoms with E-state index in [2.05, 4.69) is 5.32 Å². The normalized spacial score (nSPS) is 21.4. The summed E-state index contributed by atoms with van der Waals surface area (Å²) in [6, 6.07) is 18.6. The molecule has 11 nitrogen and oxygen atoms in total. The summed E-state index contributed by atoms with van der Waals surface area (Å²) in [7, 11) is 1.32. The minimum atomic E-state index is -1.32. The van der Waals surface area contributed by atoms with Crippen LogP contribution in [0.15, 0.2) is 82.4 Å².